The molecule has 0 saturated carbocycles. The number of carbonyl (C=O) groups is 1. The Labute approximate surface area is 146 Å². The van der Waals surface area contributed by atoms with Gasteiger partial charge in [0.2, 0.25) is 0 Å². The van der Waals surface area contributed by atoms with Crippen molar-refractivity contribution in [2.75, 3.05) is 46.4 Å². The van der Waals surface area contributed by atoms with Crippen molar-refractivity contribution in [3.8, 4) is 16.2 Å². The van der Waals surface area contributed by atoms with Crippen LogP contribution in [0.25, 0.3) is 10.4 Å². The average molecular weight is 346 g/mol. The Kier molecular flexibility index (Phi) is 5.50. The molecule has 0 spiro atoms. The molecule has 1 aromatic heterocycles. The highest BCUT2D eigenvalue weighted by atomic mass is 32.1. The first-order valence-corrected chi connectivity index (χ1v) is 8.90. The second-order valence-corrected chi connectivity index (χ2v) is 6.78. The Hall–Kier alpha value is -1.89. The number of ether oxygens (including phenoxy) is 1. The third-order valence-corrected chi connectivity index (χ3v) is 5.40. The fourth-order valence-electron chi connectivity index (χ4n) is 2.88. The van der Waals surface area contributed by atoms with E-state index in [0.717, 1.165) is 23.5 Å². The van der Waals surface area contributed by atoms with Crippen LogP contribution in [-0.4, -0.2) is 67.3 Å². The van der Waals surface area contributed by atoms with Gasteiger partial charge in [-0.2, -0.15) is 0 Å². The summed E-state index contributed by atoms with van der Waals surface area (Å²) in [5, 5.41) is 9.01. The Bertz CT molecular complexity index is 679. The molecule has 0 radical (unpaired) electrons. The summed E-state index contributed by atoms with van der Waals surface area (Å²) >= 11 is 1.48. The minimum Gasteiger partial charge on any atom is -0.495 e. The van der Waals surface area contributed by atoms with Crippen molar-refractivity contribution in [3.05, 3.63) is 41.3 Å². The zero-order valence-corrected chi connectivity index (χ0v) is 14.6. The van der Waals surface area contributed by atoms with E-state index in [1.807, 2.05) is 41.3 Å². The zero-order chi connectivity index (χ0) is 16.9. The smallest absolute Gasteiger partial charge is 0.267 e. The molecule has 1 amide bonds. The number of aliphatic hydroxyl groups excluding tert-OH is 1. The maximum Gasteiger partial charge on any atom is 0.267 e. The molecule has 2 heterocycles. The lowest BCUT2D eigenvalue weighted by Gasteiger charge is -2.34. The molecule has 0 aliphatic carbocycles. The molecule has 0 atom stereocenters. The molecule has 6 heteroatoms. The summed E-state index contributed by atoms with van der Waals surface area (Å²) in [5.74, 6) is 0.671. The number of rotatable bonds is 5. The van der Waals surface area contributed by atoms with Gasteiger partial charge in [-0.15, -0.1) is 11.3 Å². The summed E-state index contributed by atoms with van der Waals surface area (Å²) in [6, 6.07) is 12.0. The number of piperazine rings is 1. The summed E-state index contributed by atoms with van der Waals surface area (Å²) in [7, 11) is 1.60. The van der Waals surface area contributed by atoms with Gasteiger partial charge in [0.15, 0.2) is 0 Å². The third-order valence-electron chi connectivity index (χ3n) is 4.25. The van der Waals surface area contributed by atoms with Gasteiger partial charge in [-0.3, -0.25) is 9.69 Å². The molecule has 2 aromatic rings. The number of methoxy groups -OCH3 is 1. The fraction of sp³-hybridized carbons (Fsp3) is 0.389. The topological polar surface area (TPSA) is 53.0 Å². The van der Waals surface area contributed by atoms with Crippen LogP contribution in [0.4, 0.5) is 0 Å². The van der Waals surface area contributed by atoms with Gasteiger partial charge in [-0.05, 0) is 11.6 Å². The van der Waals surface area contributed by atoms with Crippen molar-refractivity contribution in [3.63, 3.8) is 0 Å². The van der Waals surface area contributed by atoms with E-state index in [2.05, 4.69) is 4.90 Å². The Morgan fingerprint density at radius 3 is 2.54 bits per heavy atom. The molecule has 1 aliphatic heterocycles. The van der Waals surface area contributed by atoms with Crippen LogP contribution in [0.2, 0.25) is 0 Å². The molecule has 1 fully saturated rings. The number of benzene rings is 1. The molecule has 1 saturated heterocycles. The van der Waals surface area contributed by atoms with Crippen LogP contribution in [0.1, 0.15) is 9.67 Å². The van der Waals surface area contributed by atoms with Crippen LogP contribution in [0, 0.1) is 0 Å². The number of hydrogen-bond donors (Lipinski definition) is 1. The van der Waals surface area contributed by atoms with Crippen molar-refractivity contribution >= 4 is 17.2 Å². The molecule has 1 aromatic carbocycles. The first-order valence-electron chi connectivity index (χ1n) is 8.08. The van der Waals surface area contributed by atoms with Gasteiger partial charge in [-0.25, -0.2) is 0 Å². The van der Waals surface area contributed by atoms with Crippen molar-refractivity contribution in [2.24, 2.45) is 0 Å². The number of carbonyl (C=O) groups excluding carboxylic acids is 1. The fourth-order valence-corrected chi connectivity index (χ4v) is 3.98. The van der Waals surface area contributed by atoms with E-state index < -0.39 is 0 Å². The highest BCUT2D eigenvalue weighted by Crippen LogP contribution is 2.37. The molecule has 5 nitrogen and oxygen atoms in total. The Morgan fingerprint density at radius 2 is 1.92 bits per heavy atom. The lowest BCUT2D eigenvalue weighted by Crippen LogP contribution is -2.49. The zero-order valence-electron chi connectivity index (χ0n) is 13.8. The van der Waals surface area contributed by atoms with Gasteiger partial charge in [-0.1, -0.05) is 30.3 Å². The third kappa shape index (κ3) is 3.61. The van der Waals surface area contributed by atoms with Gasteiger partial charge < -0.3 is 14.7 Å². The molecule has 0 bridgehead atoms. The van der Waals surface area contributed by atoms with E-state index in [1.165, 1.54) is 11.3 Å². The number of aliphatic hydroxyl groups is 1. The van der Waals surface area contributed by atoms with E-state index in [0.29, 0.717) is 30.3 Å². The van der Waals surface area contributed by atoms with E-state index in [4.69, 9.17) is 9.84 Å². The highest BCUT2D eigenvalue weighted by Gasteiger charge is 2.26. The summed E-state index contributed by atoms with van der Waals surface area (Å²) in [6.45, 7) is 3.79. The van der Waals surface area contributed by atoms with Gasteiger partial charge >= 0.3 is 0 Å². The second-order valence-electron chi connectivity index (χ2n) is 5.73. The molecular weight excluding hydrogens is 324 g/mol. The first-order chi connectivity index (χ1) is 11.7. The van der Waals surface area contributed by atoms with Crippen LogP contribution in [0.3, 0.4) is 0 Å². The number of nitrogens with zero attached hydrogens (tertiary/aromatic N) is 2. The van der Waals surface area contributed by atoms with Crippen molar-refractivity contribution in [2.45, 2.75) is 0 Å². The number of β-amino-alcohol motifs (C(OH)–C–C–N with tert-alkyl or cyclic N) is 1. The Balaban J connectivity index is 1.77. The maximum absolute atomic E-state index is 12.9. The van der Waals surface area contributed by atoms with Gasteiger partial charge in [0, 0.05) is 37.6 Å². The van der Waals surface area contributed by atoms with Gasteiger partial charge in [0.05, 0.1) is 13.7 Å². The number of amides is 1. The van der Waals surface area contributed by atoms with Crippen LogP contribution in [0.15, 0.2) is 36.4 Å². The summed E-state index contributed by atoms with van der Waals surface area (Å²) in [6.07, 6.45) is 0. The van der Waals surface area contributed by atoms with Crippen LogP contribution in [0.5, 0.6) is 5.75 Å². The molecule has 1 aliphatic rings. The number of hydrogen-bond acceptors (Lipinski definition) is 5. The van der Waals surface area contributed by atoms with Crippen LogP contribution < -0.4 is 4.74 Å². The van der Waals surface area contributed by atoms with Gasteiger partial charge in [0.25, 0.3) is 5.91 Å². The molecule has 0 unspecified atom stereocenters. The van der Waals surface area contributed by atoms with E-state index in [9.17, 15) is 4.79 Å². The predicted octanol–water partition coefficient (Wildman–Crippen LogP) is 2.17. The van der Waals surface area contributed by atoms with Gasteiger partial charge in [0.1, 0.15) is 10.6 Å². The van der Waals surface area contributed by atoms with E-state index >= 15 is 0 Å². The minimum absolute atomic E-state index is 0.0303. The minimum atomic E-state index is 0.0303. The van der Waals surface area contributed by atoms with Crippen molar-refractivity contribution in [1.82, 2.24) is 9.80 Å². The molecule has 3 rings (SSSR count). The largest absolute Gasteiger partial charge is 0.495 e. The first kappa shape index (κ1) is 17.0. The van der Waals surface area contributed by atoms with Crippen LogP contribution in [-0.2, 0) is 0 Å². The standard InChI is InChI=1S/C18H22N2O3S/c1-23-15-13-16(14-5-3-2-4-6-14)24-17(15)18(22)20-9-7-19(8-10-20)11-12-21/h2-6,13,21H,7-12H2,1H3. The van der Waals surface area contributed by atoms with Crippen molar-refractivity contribution in [1.29, 1.82) is 0 Å². The molecule has 24 heavy (non-hydrogen) atoms. The lowest BCUT2D eigenvalue weighted by molar-refractivity contribution is 0.0617. The summed E-state index contributed by atoms with van der Waals surface area (Å²) in [5.41, 5.74) is 1.09. The van der Waals surface area contributed by atoms with Crippen molar-refractivity contribution < 1.29 is 14.6 Å². The van der Waals surface area contributed by atoms with Crippen LogP contribution >= 0.6 is 11.3 Å². The quantitative estimate of drug-likeness (QED) is 0.902. The van der Waals surface area contributed by atoms with E-state index in [-0.39, 0.29) is 12.5 Å². The maximum atomic E-state index is 12.9. The Morgan fingerprint density at radius 1 is 1.21 bits per heavy atom. The lowest BCUT2D eigenvalue weighted by atomic mass is 10.2. The summed E-state index contributed by atoms with van der Waals surface area (Å²) < 4.78 is 5.44. The molecule has 1 N–H and O–H groups in total. The molecule has 128 valence electrons. The normalized spacial score (nSPS) is 15.5. The average Bonchev–Trinajstić information content (AvgIpc) is 3.07. The second kappa shape index (κ2) is 7.79. The monoisotopic (exact) mass is 346 g/mol. The highest BCUT2D eigenvalue weighted by molar-refractivity contribution is 7.17. The summed E-state index contributed by atoms with van der Waals surface area (Å²) in [4.78, 5) is 18.6. The van der Waals surface area contributed by atoms with E-state index in [1.54, 1.807) is 7.11 Å². The predicted molar refractivity (Wildman–Crippen MR) is 95.7 cm³/mol. The number of thiophene rings is 1. The molecular formula is C18H22N2O3S. The SMILES string of the molecule is COc1cc(-c2ccccc2)sc1C(=O)N1CCN(CCO)CC1.